The van der Waals surface area contributed by atoms with Gasteiger partial charge >= 0.3 is 5.97 Å². The Bertz CT molecular complexity index is 566. The third kappa shape index (κ3) is 2.66. The van der Waals surface area contributed by atoms with Crippen molar-refractivity contribution in [3.8, 4) is 11.5 Å². The summed E-state index contributed by atoms with van der Waals surface area (Å²) < 4.78 is 5.67. The first-order valence-corrected chi connectivity index (χ1v) is 5.65. The summed E-state index contributed by atoms with van der Waals surface area (Å²) >= 11 is 0. The minimum atomic E-state index is -1.02. The molecular weight excluding hydrogens is 230 g/mol. The van der Waals surface area contributed by atoms with Crippen LogP contribution in [0.4, 0.5) is 0 Å². The van der Waals surface area contributed by atoms with Gasteiger partial charge in [0.1, 0.15) is 11.5 Å². The van der Waals surface area contributed by atoms with Crippen molar-refractivity contribution in [2.45, 2.75) is 13.3 Å². The first-order chi connectivity index (χ1) is 8.70. The van der Waals surface area contributed by atoms with E-state index in [4.69, 9.17) is 9.84 Å². The van der Waals surface area contributed by atoms with Gasteiger partial charge in [0.15, 0.2) is 0 Å². The molecule has 0 aliphatic heterocycles. The molecule has 1 aromatic carbocycles. The number of aromatic carboxylic acids is 1. The van der Waals surface area contributed by atoms with Gasteiger partial charge in [0, 0.05) is 6.20 Å². The number of hydrogen-bond donors (Lipinski definition) is 1. The molecule has 0 bridgehead atoms. The van der Waals surface area contributed by atoms with Crippen molar-refractivity contribution < 1.29 is 14.6 Å². The fourth-order valence-electron chi connectivity index (χ4n) is 1.61. The number of aromatic nitrogens is 1. The van der Waals surface area contributed by atoms with Gasteiger partial charge in [-0.1, -0.05) is 25.1 Å². The van der Waals surface area contributed by atoms with Gasteiger partial charge in [-0.2, -0.15) is 0 Å². The minimum Gasteiger partial charge on any atom is -0.478 e. The maximum Gasteiger partial charge on any atom is 0.337 e. The smallest absolute Gasteiger partial charge is 0.337 e. The van der Waals surface area contributed by atoms with E-state index in [1.165, 1.54) is 18.5 Å². The van der Waals surface area contributed by atoms with Crippen LogP contribution < -0.4 is 4.74 Å². The Balaban J connectivity index is 2.28. The van der Waals surface area contributed by atoms with Crippen LogP contribution in [0.5, 0.6) is 11.5 Å². The van der Waals surface area contributed by atoms with Crippen LogP contribution >= 0.6 is 0 Å². The highest BCUT2D eigenvalue weighted by Gasteiger charge is 2.07. The Morgan fingerprint density at radius 3 is 2.83 bits per heavy atom. The molecule has 2 aromatic rings. The molecule has 4 heteroatoms. The Labute approximate surface area is 105 Å². The lowest BCUT2D eigenvalue weighted by Gasteiger charge is -2.09. The third-order valence-corrected chi connectivity index (χ3v) is 2.54. The summed E-state index contributed by atoms with van der Waals surface area (Å²) in [6, 6.07) is 9.11. The molecular formula is C14H13NO3. The number of rotatable bonds is 4. The summed E-state index contributed by atoms with van der Waals surface area (Å²) in [6.07, 6.45) is 3.64. The van der Waals surface area contributed by atoms with E-state index < -0.39 is 5.97 Å². The summed E-state index contributed by atoms with van der Waals surface area (Å²) in [4.78, 5) is 14.7. The van der Waals surface area contributed by atoms with Crippen LogP contribution in [0.15, 0.2) is 42.7 Å². The first-order valence-electron chi connectivity index (χ1n) is 5.65. The quantitative estimate of drug-likeness (QED) is 0.896. The molecule has 0 unspecified atom stereocenters. The lowest BCUT2D eigenvalue weighted by atomic mass is 10.1. The highest BCUT2D eigenvalue weighted by molar-refractivity contribution is 5.87. The van der Waals surface area contributed by atoms with Gasteiger partial charge in [-0.25, -0.2) is 4.79 Å². The van der Waals surface area contributed by atoms with Crippen LogP contribution in [0.2, 0.25) is 0 Å². The number of carbonyl (C=O) groups is 1. The SMILES string of the molecule is CCc1ccccc1Oc1cncc(C(=O)O)c1. The normalized spacial score (nSPS) is 10.1. The first kappa shape index (κ1) is 12.1. The Hall–Kier alpha value is -2.36. The number of carboxylic acids is 1. The van der Waals surface area contributed by atoms with Crippen molar-refractivity contribution in [1.82, 2.24) is 4.98 Å². The van der Waals surface area contributed by atoms with Crippen molar-refractivity contribution in [2.24, 2.45) is 0 Å². The zero-order valence-corrected chi connectivity index (χ0v) is 9.96. The fourth-order valence-corrected chi connectivity index (χ4v) is 1.61. The molecule has 0 aliphatic rings. The van der Waals surface area contributed by atoms with Gasteiger partial charge in [-0.15, -0.1) is 0 Å². The predicted molar refractivity (Wildman–Crippen MR) is 67.1 cm³/mol. The number of pyridine rings is 1. The van der Waals surface area contributed by atoms with Crippen molar-refractivity contribution >= 4 is 5.97 Å². The summed E-state index contributed by atoms with van der Waals surface area (Å²) in [6.45, 7) is 2.04. The van der Waals surface area contributed by atoms with Gasteiger partial charge in [0.2, 0.25) is 0 Å². The molecule has 0 amide bonds. The molecule has 18 heavy (non-hydrogen) atoms. The van der Waals surface area contributed by atoms with Crippen LogP contribution in [0, 0.1) is 0 Å². The molecule has 0 aliphatic carbocycles. The summed E-state index contributed by atoms with van der Waals surface area (Å²) in [5.74, 6) is 0.136. The third-order valence-electron chi connectivity index (χ3n) is 2.54. The van der Waals surface area contributed by atoms with Gasteiger partial charge in [0.05, 0.1) is 11.8 Å². The fraction of sp³-hybridized carbons (Fsp3) is 0.143. The van der Waals surface area contributed by atoms with Crippen LogP contribution in [-0.2, 0) is 6.42 Å². The Morgan fingerprint density at radius 2 is 2.11 bits per heavy atom. The number of hydrogen-bond acceptors (Lipinski definition) is 3. The largest absolute Gasteiger partial charge is 0.478 e. The van der Waals surface area contributed by atoms with Crippen molar-refractivity contribution in [2.75, 3.05) is 0 Å². The van der Waals surface area contributed by atoms with Gasteiger partial charge in [-0.3, -0.25) is 4.98 Å². The monoisotopic (exact) mass is 243 g/mol. The molecule has 4 nitrogen and oxygen atoms in total. The standard InChI is InChI=1S/C14H13NO3/c1-2-10-5-3-4-6-13(10)18-12-7-11(14(16)17)8-15-9-12/h3-9H,2H2,1H3,(H,16,17). The van der Waals surface area contributed by atoms with E-state index in [0.717, 1.165) is 17.7 Å². The summed E-state index contributed by atoms with van der Waals surface area (Å²) in [5.41, 5.74) is 1.18. The Morgan fingerprint density at radius 1 is 1.33 bits per heavy atom. The van der Waals surface area contributed by atoms with Crippen molar-refractivity contribution in [3.05, 3.63) is 53.9 Å². The number of ether oxygens (including phenoxy) is 1. The molecule has 1 heterocycles. The molecule has 0 fully saturated rings. The molecule has 0 saturated heterocycles. The second-order valence-electron chi connectivity index (χ2n) is 3.78. The number of para-hydroxylation sites is 1. The second-order valence-corrected chi connectivity index (χ2v) is 3.78. The molecule has 0 atom stereocenters. The van der Waals surface area contributed by atoms with Crippen molar-refractivity contribution in [1.29, 1.82) is 0 Å². The van der Waals surface area contributed by atoms with E-state index in [9.17, 15) is 4.79 Å². The number of nitrogens with zero attached hydrogens (tertiary/aromatic N) is 1. The average molecular weight is 243 g/mol. The zero-order valence-electron chi connectivity index (χ0n) is 9.96. The van der Waals surface area contributed by atoms with E-state index >= 15 is 0 Å². The maximum absolute atomic E-state index is 10.8. The van der Waals surface area contributed by atoms with Gasteiger partial charge in [0.25, 0.3) is 0 Å². The average Bonchev–Trinajstić information content (AvgIpc) is 2.39. The Kier molecular flexibility index (Phi) is 3.57. The maximum atomic E-state index is 10.8. The van der Waals surface area contributed by atoms with E-state index in [0.29, 0.717) is 5.75 Å². The molecule has 0 radical (unpaired) electrons. The zero-order chi connectivity index (χ0) is 13.0. The van der Waals surface area contributed by atoms with Crippen LogP contribution in [0.1, 0.15) is 22.8 Å². The van der Waals surface area contributed by atoms with Gasteiger partial charge < -0.3 is 9.84 Å². The highest BCUT2D eigenvalue weighted by atomic mass is 16.5. The molecule has 0 spiro atoms. The number of benzene rings is 1. The number of carboxylic acid groups (broad SMARTS) is 1. The van der Waals surface area contributed by atoms with Crippen LogP contribution in [-0.4, -0.2) is 16.1 Å². The lowest BCUT2D eigenvalue weighted by Crippen LogP contribution is -1.98. The predicted octanol–water partition coefficient (Wildman–Crippen LogP) is 3.13. The lowest BCUT2D eigenvalue weighted by molar-refractivity contribution is 0.0696. The molecule has 1 aromatic heterocycles. The summed E-state index contributed by atoms with van der Waals surface area (Å²) in [5, 5.41) is 8.88. The molecule has 0 saturated carbocycles. The summed E-state index contributed by atoms with van der Waals surface area (Å²) in [7, 11) is 0. The van der Waals surface area contributed by atoms with E-state index in [-0.39, 0.29) is 5.56 Å². The van der Waals surface area contributed by atoms with E-state index in [2.05, 4.69) is 4.98 Å². The number of aryl methyl sites for hydroxylation is 1. The minimum absolute atomic E-state index is 0.112. The van der Waals surface area contributed by atoms with Crippen LogP contribution in [0.3, 0.4) is 0 Å². The van der Waals surface area contributed by atoms with Crippen LogP contribution in [0.25, 0.3) is 0 Å². The topological polar surface area (TPSA) is 59.4 Å². The molecule has 1 N–H and O–H groups in total. The molecule has 2 rings (SSSR count). The van der Waals surface area contributed by atoms with E-state index in [1.54, 1.807) is 0 Å². The van der Waals surface area contributed by atoms with Gasteiger partial charge in [-0.05, 0) is 24.1 Å². The molecule has 92 valence electrons. The van der Waals surface area contributed by atoms with Crippen molar-refractivity contribution in [3.63, 3.8) is 0 Å². The second kappa shape index (κ2) is 5.31. The highest BCUT2D eigenvalue weighted by Crippen LogP contribution is 2.25. The van der Waals surface area contributed by atoms with E-state index in [1.807, 2.05) is 31.2 Å².